The third-order valence-corrected chi connectivity index (χ3v) is 3.67. The van der Waals surface area contributed by atoms with Gasteiger partial charge in [-0.25, -0.2) is 4.39 Å². The molecule has 5 heteroatoms. The highest BCUT2D eigenvalue weighted by Crippen LogP contribution is 2.18. The van der Waals surface area contributed by atoms with Crippen molar-refractivity contribution < 1.29 is 14.0 Å². The number of amides is 1. The highest BCUT2D eigenvalue weighted by molar-refractivity contribution is 9.10. The number of benzene rings is 1. The quantitative estimate of drug-likeness (QED) is 0.912. The molecule has 1 N–H and O–H groups in total. The minimum atomic E-state index is -0.394. The molecule has 0 atom stereocenters. The average molecular weight is 314 g/mol. The average Bonchev–Trinajstić information content (AvgIpc) is 2.35. The van der Waals surface area contributed by atoms with Gasteiger partial charge < -0.3 is 5.32 Å². The lowest BCUT2D eigenvalue weighted by molar-refractivity contribution is -0.120. The molecule has 1 fully saturated rings. The molecule has 0 radical (unpaired) electrons. The van der Waals surface area contributed by atoms with Crippen LogP contribution in [0.5, 0.6) is 0 Å². The van der Waals surface area contributed by atoms with Gasteiger partial charge in [-0.15, -0.1) is 0 Å². The molecule has 3 nitrogen and oxygen atoms in total. The first kappa shape index (κ1) is 13.2. The van der Waals surface area contributed by atoms with E-state index >= 15 is 0 Å². The van der Waals surface area contributed by atoms with Crippen LogP contribution in [0.25, 0.3) is 0 Å². The molecule has 0 unspecified atom stereocenters. The third-order valence-electron chi connectivity index (χ3n) is 3.06. The van der Waals surface area contributed by atoms with Gasteiger partial charge in [0, 0.05) is 24.4 Å². The maximum Gasteiger partial charge on any atom is 0.251 e. The third kappa shape index (κ3) is 3.16. The van der Waals surface area contributed by atoms with Crippen molar-refractivity contribution in [3.05, 3.63) is 34.1 Å². The van der Waals surface area contributed by atoms with E-state index in [9.17, 15) is 14.0 Å². The van der Waals surface area contributed by atoms with Gasteiger partial charge in [-0.1, -0.05) is 0 Å². The lowest BCUT2D eigenvalue weighted by Gasteiger charge is -2.22. The van der Waals surface area contributed by atoms with Gasteiger partial charge in [0.2, 0.25) is 0 Å². The van der Waals surface area contributed by atoms with Gasteiger partial charge in [0.25, 0.3) is 5.91 Å². The zero-order valence-electron chi connectivity index (χ0n) is 9.71. The highest BCUT2D eigenvalue weighted by atomic mass is 79.9. The summed E-state index contributed by atoms with van der Waals surface area (Å²) in [6.45, 7) is 0. The lowest BCUT2D eigenvalue weighted by atomic mass is 9.94. The molecule has 1 aliphatic rings. The fourth-order valence-electron chi connectivity index (χ4n) is 1.99. The molecular weight excluding hydrogens is 301 g/mol. The van der Waals surface area contributed by atoms with Crippen molar-refractivity contribution in [1.29, 1.82) is 0 Å². The Balaban J connectivity index is 1.99. The van der Waals surface area contributed by atoms with Crippen LogP contribution in [0.3, 0.4) is 0 Å². The molecular formula is C13H13BrFNO2. The fraction of sp³-hybridized carbons (Fsp3) is 0.385. The van der Waals surface area contributed by atoms with Crippen LogP contribution < -0.4 is 5.32 Å². The monoisotopic (exact) mass is 313 g/mol. The predicted octanol–water partition coefficient (Wildman–Crippen LogP) is 2.83. The van der Waals surface area contributed by atoms with Crippen LogP contribution in [0.2, 0.25) is 0 Å². The van der Waals surface area contributed by atoms with Crippen molar-refractivity contribution in [2.45, 2.75) is 31.7 Å². The highest BCUT2D eigenvalue weighted by Gasteiger charge is 2.20. The van der Waals surface area contributed by atoms with Crippen molar-refractivity contribution in [2.75, 3.05) is 0 Å². The van der Waals surface area contributed by atoms with Crippen LogP contribution in [0.1, 0.15) is 36.0 Å². The van der Waals surface area contributed by atoms with E-state index in [2.05, 4.69) is 21.2 Å². The van der Waals surface area contributed by atoms with Crippen molar-refractivity contribution in [1.82, 2.24) is 5.32 Å². The van der Waals surface area contributed by atoms with Crippen LogP contribution >= 0.6 is 15.9 Å². The number of ketones is 1. The molecule has 0 spiro atoms. The zero-order valence-corrected chi connectivity index (χ0v) is 11.3. The Labute approximate surface area is 113 Å². The molecule has 1 aromatic rings. The Morgan fingerprint density at radius 1 is 1.33 bits per heavy atom. The minimum Gasteiger partial charge on any atom is -0.349 e. The van der Waals surface area contributed by atoms with Crippen LogP contribution in [0, 0.1) is 5.82 Å². The van der Waals surface area contributed by atoms with Crippen molar-refractivity contribution in [2.24, 2.45) is 0 Å². The molecule has 1 aromatic carbocycles. The van der Waals surface area contributed by atoms with E-state index in [0.29, 0.717) is 31.2 Å². The summed E-state index contributed by atoms with van der Waals surface area (Å²) in [6.07, 6.45) is 2.43. The summed E-state index contributed by atoms with van der Waals surface area (Å²) in [4.78, 5) is 23.0. The number of hydrogen-bond donors (Lipinski definition) is 1. The molecule has 0 aliphatic heterocycles. The second-order valence-electron chi connectivity index (χ2n) is 4.42. The fourth-order valence-corrected chi connectivity index (χ4v) is 2.37. The van der Waals surface area contributed by atoms with E-state index in [1.54, 1.807) is 0 Å². The smallest absolute Gasteiger partial charge is 0.251 e. The summed E-state index contributed by atoms with van der Waals surface area (Å²) in [5.74, 6) is -0.366. The predicted molar refractivity (Wildman–Crippen MR) is 68.8 cm³/mol. The summed E-state index contributed by atoms with van der Waals surface area (Å²) in [5, 5.41) is 2.87. The van der Waals surface area contributed by atoms with Crippen LogP contribution in [0.15, 0.2) is 22.7 Å². The molecule has 0 heterocycles. The number of rotatable bonds is 2. The van der Waals surface area contributed by atoms with Crippen LogP contribution in [-0.4, -0.2) is 17.7 Å². The van der Waals surface area contributed by atoms with E-state index in [0.717, 1.165) is 0 Å². The van der Waals surface area contributed by atoms with Crippen molar-refractivity contribution in [3.63, 3.8) is 0 Å². The summed E-state index contributed by atoms with van der Waals surface area (Å²) in [5.41, 5.74) is 0.417. The zero-order chi connectivity index (χ0) is 13.1. The molecule has 0 saturated heterocycles. The first-order valence-corrected chi connectivity index (χ1v) is 6.63. The maximum absolute atomic E-state index is 13.0. The van der Waals surface area contributed by atoms with E-state index in [1.165, 1.54) is 18.2 Å². The van der Waals surface area contributed by atoms with Crippen molar-refractivity contribution in [3.8, 4) is 0 Å². The molecule has 0 bridgehead atoms. The largest absolute Gasteiger partial charge is 0.349 e. The van der Waals surface area contributed by atoms with Crippen molar-refractivity contribution >= 4 is 27.6 Å². The second-order valence-corrected chi connectivity index (χ2v) is 5.27. The Bertz CT molecular complexity index is 480. The number of Topliss-reactive ketones (excluding diaryl/α,β-unsaturated/α-hetero) is 1. The SMILES string of the molecule is O=C1CCC(NC(=O)c2ccc(F)c(Br)c2)CC1. The Morgan fingerprint density at radius 3 is 2.61 bits per heavy atom. The van der Waals surface area contributed by atoms with E-state index in [-0.39, 0.29) is 22.2 Å². The van der Waals surface area contributed by atoms with Gasteiger partial charge in [-0.05, 0) is 47.0 Å². The van der Waals surface area contributed by atoms with Gasteiger partial charge in [0.1, 0.15) is 11.6 Å². The number of halogens is 2. The molecule has 1 aliphatic carbocycles. The van der Waals surface area contributed by atoms with Gasteiger partial charge in [-0.2, -0.15) is 0 Å². The van der Waals surface area contributed by atoms with E-state index < -0.39 is 5.82 Å². The van der Waals surface area contributed by atoms with E-state index in [1.807, 2.05) is 0 Å². The Hall–Kier alpha value is -1.23. The molecule has 0 aromatic heterocycles. The topological polar surface area (TPSA) is 46.2 Å². The van der Waals surface area contributed by atoms with Gasteiger partial charge in [0.05, 0.1) is 4.47 Å². The summed E-state index contributed by atoms with van der Waals surface area (Å²) in [6, 6.07) is 4.20. The van der Waals surface area contributed by atoms with Crippen LogP contribution in [0.4, 0.5) is 4.39 Å². The number of nitrogens with one attached hydrogen (secondary N) is 1. The Kier molecular flexibility index (Phi) is 4.11. The molecule has 96 valence electrons. The number of carbonyl (C=O) groups excluding carboxylic acids is 2. The molecule has 18 heavy (non-hydrogen) atoms. The van der Waals surface area contributed by atoms with Gasteiger partial charge >= 0.3 is 0 Å². The molecule has 1 saturated carbocycles. The maximum atomic E-state index is 13.0. The minimum absolute atomic E-state index is 0.0408. The summed E-state index contributed by atoms with van der Waals surface area (Å²) >= 11 is 3.05. The number of hydrogen-bond acceptors (Lipinski definition) is 2. The first-order chi connectivity index (χ1) is 8.56. The summed E-state index contributed by atoms with van der Waals surface area (Å²) < 4.78 is 13.3. The normalized spacial score (nSPS) is 16.7. The van der Waals surface area contributed by atoms with Gasteiger partial charge in [-0.3, -0.25) is 9.59 Å². The van der Waals surface area contributed by atoms with Crippen LogP contribution in [-0.2, 0) is 4.79 Å². The number of carbonyl (C=O) groups is 2. The summed E-state index contributed by atoms with van der Waals surface area (Å²) in [7, 11) is 0. The standard InChI is InChI=1S/C13H13BrFNO2/c14-11-7-8(1-6-12(11)15)13(18)16-9-2-4-10(17)5-3-9/h1,6-7,9H,2-5H2,(H,16,18). The second kappa shape index (κ2) is 5.61. The Morgan fingerprint density at radius 2 is 2.00 bits per heavy atom. The molecule has 2 rings (SSSR count). The molecule has 1 amide bonds. The lowest BCUT2D eigenvalue weighted by Crippen LogP contribution is -2.37. The van der Waals surface area contributed by atoms with Gasteiger partial charge in [0.15, 0.2) is 0 Å². The van der Waals surface area contributed by atoms with E-state index in [4.69, 9.17) is 0 Å². The first-order valence-electron chi connectivity index (χ1n) is 5.84.